The van der Waals surface area contributed by atoms with E-state index in [1.165, 1.54) is 0 Å². The Hall–Kier alpha value is -0.580. The monoisotopic (exact) mass is 196 g/mol. The molecule has 0 amide bonds. The summed E-state index contributed by atoms with van der Waals surface area (Å²) in [7, 11) is 0. The zero-order valence-electron chi connectivity index (χ0n) is 7.06. The first kappa shape index (κ1) is 10.5. The number of carbonyl (C=O) groups is 1. The van der Waals surface area contributed by atoms with Gasteiger partial charge >= 0.3 is 6.18 Å². The summed E-state index contributed by atoms with van der Waals surface area (Å²) in [5, 5.41) is 0. The van der Waals surface area contributed by atoms with Crippen LogP contribution in [0.2, 0.25) is 0 Å². The Morgan fingerprint density at radius 3 is 2.62 bits per heavy atom. The van der Waals surface area contributed by atoms with Crippen LogP contribution in [0.1, 0.15) is 25.7 Å². The van der Waals surface area contributed by atoms with Crippen molar-refractivity contribution < 1.29 is 22.7 Å². The molecule has 1 fully saturated rings. The van der Waals surface area contributed by atoms with Gasteiger partial charge in [0.1, 0.15) is 0 Å². The summed E-state index contributed by atoms with van der Waals surface area (Å²) in [6.07, 6.45) is -3.44. The molecule has 0 bridgehead atoms. The lowest BCUT2D eigenvalue weighted by Gasteiger charge is -2.09. The van der Waals surface area contributed by atoms with Crippen molar-refractivity contribution in [1.82, 2.24) is 0 Å². The minimum Gasteiger partial charge on any atom is -0.378 e. The molecule has 1 atom stereocenters. The third kappa shape index (κ3) is 3.34. The lowest BCUT2D eigenvalue weighted by Crippen LogP contribution is -2.23. The Labute approximate surface area is 74.1 Å². The average molecular weight is 196 g/mol. The van der Waals surface area contributed by atoms with E-state index >= 15 is 0 Å². The lowest BCUT2D eigenvalue weighted by atomic mass is 10.1. The topological polar surface area (TPSA) is 26.3 Å². The standard InChI is InChI=1S/C8H11F3O2/c9-8(10,11)7(12)4-3-6-2-1-5-13-6/h6H,1-5H2. The van der Waals surface area contributed by atoms with Crippen molar-refractivity contribution in [3.63, 3.8) is 0 Å². The van der Waals surface area contributed by atoms with Crippen molar-refractivity contribution in [3.8, 4) is 0 Å². The van der Waals surface area contributed by atoms with Crippen LogP contribution < -0.4 is 0 Å². The molecule has 1 aliphatic heterocycles. The van der Waals surface area contributed by atoms with Crippen molar-refractivity contribution in [2.75, 3.05) is 6.61 Å². The molecule has 76 valence electrons. The summed E-state index contributed by atoms with van der Waals surface area (Å²) < 4.78 is 40.3. The summed E-state index contributed by atoms with van der Waals surface area (Å²) >= 11 is 0. The van der Waals surface area contributed by atoms with Gasteiger partial charge in [-0.15, -0.1) is 0 Å². The molecule has 0 spiro atoms. The number of Topliss-reactive ketones (excluding diaryl/α,β-unsaturated/α-hetero) is 1. The van der Waals surface area contributed by atoms with E-state index in [9.17, 15) is 18.0 Å². The van der Waals surface area contributed by atoms with Gasteiger partial charge in [0.15, 0.2) is 0 Å². The molecule has 0 radical (unpaired) electrons. The smallest absolute Gasteiger partial charge is 0.378 e. The number of hydrogen-bond donors (Lipinski definition) is 0. The maximum Gasteiger partial charge on any atom is 0.449 e. The number of rotatable bonds is 3. The van der Waals surface area contributed by atoms with Gasteiger partial charge in [-0.3, -0.25) is 4.79 Å². The Kier molecular flexibility index (Phi) is 3.30. The first-order chi connectivity index (χ1) is 6.00. The number of ether oxygens (including phenoxy) is 1. The average Bonchev–Trinajstić information content (AvgIpc) is 2.50. The molecule has 1 unspecified atom stereocenters. The predicted octanol–water partition coefficient (Wildman–Crippen LogP) is 2.08. The van der Waals surface area contributed by atoms with Crippen LogP contribution in [-0.2, 0) is 9.53 Å². The van der Waals surface area contributed by atoms with E-state index in [1.807, 2.05) is 0 Å². The molecule has 1 aliphatic rings. The Balaban J connectivity index is 2.22. The minimum atomic E-state index is -4.68. The zero-order chi connectivity index (χ0) is 9.90. The van der Waals surface area contributed by atoms with Gasteiger partial charge in [0.2, 0.25) is 5.78 Å². The highest BCUT2D eigenvalue weighted by Crippen LogP contribution is 2.22. The molecule has 13 heavy (non-hydrogen) atoms. The highest BCUT2D eigenvalue weighted by Gasteiger charge is 2.37. The minimum absolute atomic E-state index is 0.147. The summed E-state index contributed by atoms with van der Waals surface area (Å²) in [4.78, 5) is 10.4. The van der Waals surface area contributed by atoms with Gasteiger partial charge < -0.3 is 4.74 Å². The number of halogens is 3. The highest BCUT2D eigenvalue weighted by atomic mass is 19.4. The fourth-order valence-electron chi connectivity index (χ4n) is 1.31. The van der Waals surface area contributed by atoms with E-state index < -0.39 is 18.4 Å². The number of alkyl halides is 3. The van der Waals surface area contributed by atoms with E-state index in [1.54, 1.807) is 0 Å². The molecular formula is C8H11F3O2. The van der Waals surface area contributed by atoms with Crippen molar-refractivity contribution in [2.45, 2.75) is 38.0 Å². The van der Waals surface area contributed by atoms with Crippen molar-refractivity contribution >= 4 is 5.78 Å². The highest BCUT2D eigenvalue weighted by molar-refractivity contribution is 5.83. The van der Waals surface area contributed by atoms with Crippen LogP contribution in [0.25, 0.3) is 0 Å². The number of ketones is 1. The van der Waals surface area contributed by atoms with Crippen LogP contribution in [0.4, 0.5) is 13.2 Å². The van der Waals surface area contributed by atoms with Crippen LogP contribution in [0.15, 0.2) is 0 Å². The van der Waals surface area contributed by atoms with E-state index in [0.717, 1.165) is 12.8 Å². The van der Waals surface area contributed by atoms with Crippen LogP contribution in [-0.4, -0.2) is 24.7 Å². The lowest BCUT2D eigenvalue weighted by molar-refractivity contribution is -0.171. The van der Waals surface area contributed by atoms with Crippen LogP contribution >= 0.6 is 0 Å². The van der Waals surface area contributed by atoms with Crippen molar-refractivity contribution in [3.05, 3.63) is 0 Å². The van der Waals surface area contributed by atoms with E-state index in [0.29, 0.717) is 6.61 Å². The molecule has 1 rings (SSSR count). The van der Waals surface area contributed by atoms with Crippen molar-refractivity contribution in [1.29, 1.82) is 0 Å². The van der Waals surface area contributed by atoms with Gasteiger partial charge in [-0.1, -0.05) is 0 Å². The molecule has 0 aliphatic carbocycles. The summed E-state index contributed by atoms with van der Waals surface area (Å²) in [5.41, 5.74) is 0. The largest absolute Gasteiger partial charge is 0.449 e. The normalized spacial score (nSPS) is 23.5. The van der Waals surface area contributed by atoms with Crippen LogP contribution in [0, 0.1) is 0 Å². The zero-order valence-corrected chi connectivity index (χ0v) is 7.06. The van der Waals surface area contributed by atoms with Gasteiger partial charge in [0.25, 0.3) is 0 Å². The third-order valence-corrected chi connectivity index (χ3v) is 2.03. The molecule has 2 nitrogen and oxygen atoms in total. The van der Waals surface area contributed by atoms with Crippen LogP contribution in [0.3, 0.4) is 0 Å². The summed E-state index contributed by atoms with van der Waals surface area (Å²) in [6.45, 7) is 0.602. The Morgan fingerprint density at radius 2 is 2.15 bits per heavy atom. The van der Waals surface area contributed by atoms with Gasteiger partial charge in [0.05, 0.1) is 6.10 Å². The maximum absolute atomic E-state index is 11.7. The second kappa shape index (κ2) is 4.09. The van der Waals surface area contributed by atoms with Crippen molar-refractivity contribution in [2.24, 2.45) is 0 Å². The van der Waals surface area contributed by atoms with Crippen LogP contribution in [0.5, 0.6) is 0 Å². The SMILES string of the molecule is O=C(CCC1CCCO1)C(F)(F)F. The number of hydrogen-bond acceptors (Lipinski definition) is 2. The molecule has 5 heteroatoms. The van der Waals surface area contributed by atoms with E-state index in [2.05, 4.69) is 0 Å². The van der Waals surface area contributed by atoms with E-state index in [4.69, 9.17) is 4.74 Å². The molecule has 0 saturated carbocycles. The molecule has 0 aromatic heterocycles. The second-order valence-electron chi connectivity index (χ2n) is 3.09. The maximum atomic E-state index is 11.7. The summed E-state index contributed by atoms with van der Waals surface area (Å²) in [6, 6.07) is 0. The Morgan fingerprint density at radius 1 is 1.46 bits per heavy atom. The first-order valence-corrected chi connectivity index (χ1v) is 4.22. The number of carbonyl (C=O) groups excluding carboxylic acids is 1. The molecule has 0 aromatic carbocycles. The van der Waals surface area contributed by atoms with E-state index in [-0.39, 0.29) is 12.5 Å². The molecule has 1 heterocycles. The second-order valence-corrected chi connectivity index (χ2v) is 3.09. The fourth-order valence-corrected chi connectivity index (χ4v) is 1.31. The molecule has 1 saturated heterocycles. The molecule has 0 aromatic rings. The quantitative estimate of drug-likeness (QED) is 0.690. The van der Waals surface area contributed by atoms with Gasteiger partial charge in [-0.05, 0) is 19.3 Å². The molecule has 0 N–H and O–H groups in total. The summed E-state index contributed by atoms with van der Waals surface area (Å²) in [5.74, 6) is -1.65. The Bertz CT molecular complexity index is 182. The van der Waals surface area contributed by atoms with Gasteiger partial charge in [0, 0.05) is 13.0 Å². The first-order valence-electron chi connectivity index (χ1n) is 4.22. The fraction of sp³-hybridized carbons (Fsp3) is 0.875. The third-order valence-electron chi connectivity index (χ3n) is 2.03. The van der Waals surface area contributed by atoms with Gasteiger partial charge in [-0.2, -0.15) is 13.2 Å². The predicted molar refractivity (Wildman–Crippen MR) is 39.3 cm³/mol. The van der Waals surface area contributed by atoms with Gasteiger partial charge in [-0.25, -0.2) is 0 Å². The molecular weight excluding hydrogens is 185 g/mol.